The standard InChI is InChI=1S/C27H34O9/c1-15-10-11-20(33-16(2)28)26(5)21(34-23(29)18-8-6-12-31-18)14-17-22(27(15,26)36-25(17,3)4)35-24(30)19-9-7-13-32-19/h6-9,12-13,15-17,20-22,28H,10-11,14H2,1-5H3. The van der Waals surface area contributed by atoms with Gasteiger partial charge in [-0.1, -0.05) is 13.8 Å². The first-order valence-electron chi connectivity index (χ1n) is 12.5. The predicted molar refractivity (Wildman–Crippen MR) is 125 cm³/mol. The molecule has 3 heterocycles. The fraction of sp³-hybridized carbons (Fsp3) is 0.630. The summed E-state index contributed by atoms with van der Waals surface area (Å²) >= 11 is 0. The van der Waals surface area contributed by atoms with E-state index in [1.165, 1.54) is 12.5 Å². The first kappa shape index (κ1) is 25.0. The van der Waals surface area contributed by atoms with Crippen molar-refractivity contribution in [3.8, 4) is 0 Å². The Kier molecular flexibility index (Phi) is 6.08. The number of hydrogen-bond acceptors (Lipinski definition) is 9. The first-order chi connectivity index (χ1) is 17.0. The second-order valence-corrected chi connectivity index (χ2v) is 11.0. The van der Waals surface area contributed by atoms with Gasteiger partial charge < -0.3 is 32.9 Å². The van der Waals surface area contributed by atoms with Crippen LogP contribution in [0.2, 0.25) is 0 Å². The quantitative estimate of drug-likeness (QED) is 0.454. The second-order valence-electron chi connectivity index (χ2n) is 11.0. The van der Waals surface area contributed by atoms with Gasteiger partial charge in [0.05, 0.1) is 29.6 Å². The van der Waals surface area contributed by atoms with Gasteiger partial charge in [-0.3, -0.25) is 0 Å². The lowest BCUT2D eigenvalue weighted by Gasteiger charge is -2.62. The second kappa shape index (κ2) is 8.75. The number of carbonyl (C=O) groups excluding carboxylic acids is 2. The Hall–Kier alpha value is -2.62. The number of fused-ring (bicyclic) bond motifs is 1. The fourth-order valence-corrected chi connectivity index (χ4v) is 7.01. The Balaban J connectivity index is 1.61. The van der Waals surface area contributed by atoms with Gasteiger partial charge in [0.1, 0.15) is 17.8 Å². The van der Waals surface area contributed by atoms with Crippen LogP contribution in [0.5, 0.6) is 0 Å². The molecular weight excluding hydrogens is 468 g/mol. The van der Waals surface area contributed by atoms with Gasteiger partial charge in [0.25, 0.3) is 0 Å². The highest BCUT2D eigenvalue weighted by Crippen LogP contribution is 2.67. The number of aliphatic hydroxyl groups excluding tert-OH is 1. The van der Waals surface area contributed by atoms with Gasteiger partial charge in [-0.05, 0) is 70.2 Å². The highest BCUT2D eigenvalue weighted by atomic mass is 16.6. The van der Waals surface area contributed by atoms with Crippen molar-refractivity contribution >= 4 is 11.9 Å². The highest BCUT2D eigenvalue weighted by Gasteiger charge is 2.78. The van der Waals surface area contributed by atoms with Crippen LogP contribution in [0, 0.1) is 17.3 Å². The number of ether oxygens (including phenoxy) is 4. The van der Waals surface area contributed by atoms with Gasteiger partial charge in [0.2, 0.25) is 11.5 Å². The molecular formula is C27H34O9. The third kappa shape index (κ3) is 3.63. The van der Waals surface area contributed by atoms with E-state index in [0.717, 1.165) is 0 Å². The van der Waals surface area contributed by atoms with Gasteiger partial charge in [-0.15, -0.1) is 0 Å². The van der Waals surface area contributed by atoms with Crippen LogP contribution in [0.4, 0.5) is 0 Å². The van der Waals surface area contributed by atoms with Crippen molar-refractivity contribution in [3.05, 3.63) is 48.3 Å². The van der Waals surface area contributed by atoms with Crippen molar-refractivity contribution < 1.29 is 42.5 Å². The maximum absolute atomic E-state index is 13.1. The van der Waals surface area contributed by atoms with Crippen LogP contribution < -0.4 is 0 Å². The minimum Gasteiger partial charge on any atom is -0.457 e. The molecule has 8 atom stereocenters. The monoisotopic (exact) mass is 502 g/mol. The van der Waals surface area contributed by atoms with Gasteiger partial charge in [-0.2, -0.15) is 0 Å². The maximum Gasteiger partial charge on any atom is 0.374 e. The molecule has 0 amide bonds. The van der Waals surface area contributed by atoms with Crippen molar-refractivity contribution in [2.75, 3.05) is 0 Å². The van der Waals surface area contributed by atoms with Crippen molar-refractivity contribution in [1.29, 1.82) is 0 Å². The molecule has 0 radical (unpaired) electrons. The summed E-state index contributed by atoms with van der Waals surface area (Å²) in [6, 6.07) is 6.38. The molecule has 3 aliphatic rings. The maximum atomic E-state index is 13.1. The Morgan fingerprint density at radius 3 is 2.17 bits per heavy atom. The Morgan fingerprint density at radius 2 is 1.61 bits per heavy atom. The zero-order valence-electron chi connectivity index (χ0n) is 21.3. The summed E-state index contributed by atoms with van der Waals surface area (Å²) < 4.78 is 35.9. The molecule has 2 bridgehead atoms. The van der Waals surface area contributed by atoms with Gasteiger partial charge in [0, 0.05) is 5.92 Å². The van der Waals surface area contributed by atoms with E-state index in [-0.39, 0.29) is 23.4 Å². The smallest absolute Gasteiger partial charge is 0.374 e. The third-order valence-corrected chi connectivity index (χ3v) is 8.64. The van der Waals surface area contributed by atoms with Crippen LogP contribution >= 0.6 is 0 Å². The van der Waals surface area contributed by atoms with Gasteiger partial charge in [-0.25, -0.2) is 9.59 Å². The van der Waals surface area contributed by atoms with E-state index in [1.54, 1.807) is 31.2 Å². The van der Waals surface area contributed by atoms with E-state index in [1.807, 2.05) is 20.8 Å². The Labute approximate surface area is 210 Å². The van der Waals surface area contributed by atoms with E-state index in [9.17, 15) is 14.7 Å². The molecule has 8 unspecified atom stereocenters. The number of hydrogen-bond donors (Lipinski definition) is 1. The van der Waals surface area contributed by atoms with E-state index in [4.69, 9.17) is 27.8 Å². The van der Waals surface area contributed by atoms with Crippen molar-refractivity contribution in [3.63, 3.8) is 0 Å². The van der Waals surface area contributed by atoms with E-state index >= 15 is 0 Å². The molecule has 2 aromatic rings. The van der Waals surface area contributed by atoms with E-state index in [0.29, 0.717) is 19.3 Å². The molecule has 5 rings (SSSR count). The number of esters is 2. The van der Waals surface area contributed by atoms with Crippen LogP contribution in [0.15, 0.2) is 45.6 Å². The average molecular weight is 503 g/mol. The Bertz CT molecular complexity index is 1090. The first-order valence-corrected chi connectivity index (χ1v) is 12.5. The molecule has 196 valence electrons. The normalized spacial score (nSPS) is 37.7. The Morgan fingerprint density at radius 1 is 1.00 bits per heavy atom. The van der Waals surface area contributed by atoms with Crippen LogP contribution in [0.3, 0.4) is 0 Å². The molecule has 1 spiro atoms. The summed E-state index contributed by atoms with van der Waals surface area (Å²) in [6.07, 6.45) is 1.68. The molecule has 2 aliphatic carbocycles. The molecule has 0 aromatic carbocycles. The minimum absolute atomic E-state index is 0.0693. The minimum atomic E-state index is -1.05. The lowest BCUT2D eigenvalue weighted by Crippen LogP contribution is -2.73. The van der Waals surface area contributed by atoms with Crippen molar-refractivity contribution in [1.82, 2.24) is 0 Å². The zero-order valence-corrected chi connectivity index (χ0v) is 21.3. The van der Waals surface area contributed by atoms with Crippen LogP contribution in [-0.2, 0) is 18.9 Å². The highest BCUT2D eigenvalue weighted by molar-refractivity contribution is 5.87. The summed E-state index contributed by atoms with van der Waals surface area (Å²) in [5.74, 6) is -1.29. The summed E-state index contributed by atoms with van der Waals surface area (Å²) in [5.41, 5.74) is -2.70. The molecule has 2 aromatic heterocycles. The molecule has 36 heavy (non-hydrogen) atoms. The lowest BCUT2D eigenvalue weighted by atomic mass is 9.49. The summed E-state index contributed by atoms with van der Waals surface area (Å²) in [5, 5.41) is 10.2. The van der Waals surface area contributed by atoms with Crippen LogP contribution in [0.1, 0.15) is 75.0 Å². The zero-order chi connectivity index (χ0) is 25.9. The van der Waals surface area contributed by atoms with Gasteiger partial charge in [0.15, 0.2) is 6.29 Å². The fourth-order valence-electron chi connectivity index (χ4n) is 7.01. The lowest BCUT2D eigenvalue weighted by molar-refractivity contribution is -0.303. The molecule has 2 saturated carbocycles. The van der Waals surface area contributed by atoms with Crippen LogP contribution in [0.25, 0.3) is 0 Å². The third-order valence-electron chi connectivity index (χ3n) is 8.64. The number of furan rings is 2. The number of rotatable bonds is 6. The molecule has 3 fully saturated rings. The molecule has 1 saturated heterocycles. The molecule has 9 heteroatoms. The SMILES string of the molecule is CC(O)OC1CCC(C)C23OC(C)(C)C(CC(OC(=O)c4ccco4)C12C)C3OC(=O)c1ccco1. The summed E-state index contributed by atoms with van der Waals surface area (Å²) in [4.78, 5) is 26.2. The topological polar surface area (TPSA) is 118 Å². The number of carbonyl (C=O) groups is 2. The van der Waals surface area contributed by atoms with Crippen molar-refractivity contribution in [2.45, 2.75) is 89.7 Å². The van der Waals surface area contributed by atoms with Gasteiger partial charge >= 0.3 is 11.9 Å². The van der Waals surface area contributed by atoms with Crippen LogP contribution in [-0.4, -0.2) is 52.8 Å². The molecule has 1 aliphatic heterocycles. The summed E-state index contributed by atoms with van der Waals surface area (Å²) in [7, 11) is 0. The van der Waals surface area contributed by atoms with E-state index in [2.05, 4.69) is 6.92 Å². The number of aliphatic hydroxyl groups is 1. The summed E-state index contributed by atoms with van der Waals surface area (Å²) in [6.45, 7) is 9.53. The molecule has 1 N–H and O–H groups in total. The average Bonchev–Trinajstić information content (AvgIpc) is 3.55. The van der Waals surface area contributed by atoms with E-state index < -0.39 is 53.2 Å². The molecule has 9 nitrogen and oxygen atoms in total. The predicted octanol–water partition coefficient (Wildman–Crippen LogP) is 4.35. The largest absolute Gasteiger partial charge is 0.457 e. The van der Waals surface area contributed by atoms with Crippen molar-refractivity contribution in [2.24, 2.45) is 17.3 Å².